The molecule has 140 valence electrons. The Morgan fingerprint density at radius 2 is 1.93 bits per heavy atom. The van der Waals surface area contributed by atoms with E-state index < -0.39 is 17.9 Å². The molecule has 7 heteroatoms. The first-order chi connectivity index (χ1) is 13.0. The van der Waals surface area contributed by atoms with E-state index in [4.69, 9.17) is 9.47 Å². The highest BCUT2D eigenvalue weighted by Gasteiger charge is 2.29. The van der Waals surface area contributed by atoms with Crippen LogP contribution in [0.5, 0.6) is 11.5 Å². The molecular weight excluding hydrogens is 351 g/mol. The molecule has 0 radical (unpaired) electrons. The van der Waals surface area contributed by atoms with E-state index in [0.29, 0.717) is 22.7 Å². The zero-order valence-electron chi connectivity index (χ0n) is 14.9. The highest BCUT2D eigenvalue weighted by atomic mass is 19.1. The summed E-state index contributed by atoms with van der Waals surface area (Å²) in [6.45, 7) is 0. The lowest BCUT2D eigenvalue weighted by Gasteiger charge is -2.31. The Morgan fingerprint density at radius 3 is 2.63 bits per heavy atom. The molecule has 27 heavy (non-hydrogen) atoms. The number of allylic oxidation sites excluding steroid dienone is 1. The van der Waals surface area contributed by atoms with Gasteiger partial charge in [0.2, 0.25) is 0 Å². The van der Waals surface area contributed by atoms with Crippen molar-refractivity contribution in [2.45, 2.75) is 12.5 Å². The molecule has 0 aliphatic carbocycles. The van der Waals surface area contributed by atoms with Crippen molar-refractivity contribution in [2.24, 2.45) is 0 Å². The smallest absolute Gasteiger partial charge is 0.326 e. The van der Waals surface area contributed by atoms with E-state index in [-0.39, 0.29) is 12.2 Å². The number of carbonyl (C=O) groups is 2. The fourth-order valence-corrected chi connectivity index (χ4v) is 2.93. The van der Waals surface area contributed by atoms with E-state index in [1.165, 1.54) is 43.5 Å². The average molecular weight is 370 g/mol. The summed E-state index contributed by atoms with van der Waals surface area (Å²) in [5.74, 6) is 0.465. The number of carbonyl (C=O) groups excluding carboxylic acids is 2. The van der Waals surface area contributed by atoms with Gasteiger partial charge in [-0.2, -0.15) is 0 Å². The largest absolute Gasteiger partial charge is 0.493 e. The van der Waals surface area contributed by atoms with Gasteiger partial charge in [0.1, 0.15) is 5.82 Å². The topological polar surface area (TPSA) is 67.9 Å². The number of ether oxygens (including phenoxy) is 2. The van der Waals surface area contributed by atoms with Gasteiger partial charge in [0.05, 0.1) is 20.3 Å². The minimum Gasteiger partial charge on any atom is -0.493 e. The summed E-state index contributed by atoms with van der Waals surface area (Å²) in [6, 6.07) is 9.84. The summed E-state index contributed by atoms with van der Waals surface area (Å²) < 4.78 is 24.0. The van der Waals surface area contributed by atoms with E-state index in [2.05, 4.69) is 5.32 Å². The van der Waals surface area contributed by atoms with Gasteiger partial charge in [0, 0.05) is 24.4 Å². The van der Waals surface area contributed by atoms with Gasteiger partial charge >= 0.3 is 6.03 Å². The molecule has 0 saturated carbocycles. The van der Waals surface area contributed by atoms with Crippen molar-refractivity contribution < 1.29 is 23.5 Å². The van der Waals surface area contributed by atoms with Crippen LogP contribution in [0, 0.1) is 5.82 Å². The molecule has 0 bridgehead atoms. The number of hydrogen-bond donors (Lipinski definition) is 1. The van der Waals surface area contributed by atoms with Crippen molar-refractivity contribution in [3.8, 4) is 11.5 Å². The van der Waals surface area contributed by atoms with Crippen LogP contribution in [0.2, 0.25) is 0 Å². The molecular formula is C20H19FN2O4. The van der Waals surface area contributed by atoms with E-state index in [0.717, 1.165) is 0 Å². The number of amides is 2. The third-order valence-electron chi connectivity index (χ3n) is 4.25. The van der Waals surface area contributed by atoms with E-state index in [1.54, 1.807) is 30.3 Å². The van der Waals surface area contributed by atoms with E-state index in [1.807, 2.05) is 0 Å². The summed E-state index contributed by atoms with van der Waals surface area (Å²) in [5, 5.41) is 2.76. The standard InChI is InChI=1S/C20H19FN2O4/c1-26-18-7-6-15(11-19(18)27-2)22-20(25)23-9-8-16(24)12-17(23)13-4-3-5-14(21)10-13/h3-11,17H,12H2,1-2H3,(H,22,25)/t17-/m0/s1. The molecule has 0 fully saturated rings. The number of hydrogen-bond acceptors (Lipinski definition) is 4. The second-order valence-electron chi connectivity index (χ2n) is 5.96. The summed E-state index contributed by atoms with van der Waals surface area (Å²) in [6.07, 6.45) is 2.83. The molecule has 1 aliphatic heterocycles. The average Bonchev–Trinajstić information content (AvgIpc) is 2.67. The Balaban J connectivity index is 1.85. The number of ketones is 1. The first-order valence-corrected chi connectivity index (χ1v) is 8.29. The van der Waals surface area contributed by atoms with Crippen LogP contribution in [-0.4, -0.2) is 30.9 Å². The Morgan fingerprint density at radius 1 is 1.15 bits per heavy atom. The molecule has 2 aromatic carbocycles. The van der Waals surface area contributed by atoms with Crippen molar-refractivity contribution in [2.75, 3.05) is 19.5 Å². The van der Waals surface area contributed by atoms with Crippen LogP contribution >= 0.6 is 0 Å². The van der Waals surface area contributed by atoms with Crippen molar-refractivity contribution in [1.82, 2.24) is 4.90 Å². The first kappa shape index (κ1) is 18.4. The summed E-state index contributed by atoms with van der Waals surface area (Å²) in [5.41, 5.74) is 1.05. The molecule has 1 aliphatic rings. The monoisotopic (exact) mass is 370 g/mol. The van der Waals surface area contributed by atoms with Gasteiger partial charge in [0.15, 0.2) is 17.3 Å². The molecule has 6 nitrogen and oxygen atoms in total. The molecule has 3 rings (SSSR count). The maximum absolute atomic E-state index is 13.6. The number of benzene rings is 2. The Hall–Kier alpha value is -3.35. The second-order valence-corrected chi connectivity index (χ2v) is 5.96. The number of urea groups is 1. The predicted molar refractivity (Wildman–Crippen MR) is 98.3 cm³/mol. The minimum atomic E-state index is -0.585. The summed E-state index contributed by atoms with van der Waals surface area (Å²) in [7, 11) is 3.03. The zero-order valence-corrected chi connectivity index (χ0v) is 14.9. The molecule has 0 spiro atoms. The van der Waals surface area contributed by atoms with Gasteiger partial charge < -0.3 is 14.8 Å². The first-order valence-electron chi connectivity index (χ1n) is 8.29. The Bertz CT molecular complexity index is 897. The van der Waals surface area contributed by atoms with Crippen molar-refractivity contribution in [3.05, 3.63) is 66.1 Å². The maximum atomic E-state index is 13.6. The Labute approximate surface area is 156 Å². The lowest BCUT2D eigenvalue weighted by molar-refractivity contribution is -0.116. The van der Waals surface area contributed by atoms with Gasteiger partial charge in [-0.15, -0.1) is 0 Å². The lowest BCUT2D eigenvalue weighted by Crippen LogP contribution is -2.37. The fraction of sp³-hybridized carbons (Fsp3) is 0.200. The Kier molecular flexibility index (Phi) is 5.40. The molecule has 0 unspecified atom stereocenters. The van der Waals surface area contributed by atoms with Crippen LogP contribution < -0.4 is 14.8 Å². The summed E-state index contributed by atoms with van der Waals surface area (Å²) in [4.78, 5) is 26.0. The zero-order chi connectivity index (χ0) is 19.4. The second kappa shape index (κ2) is 7.90. The van der Waals surface area contributed by atoms with E-state index in [9.17, 15) is 14.0 Å². The number of halogens is 1. The van der Waals surface area contributed by atoms with Crippen molar-refractivity contribution in [1.29, 1.82) is 0 Å². The summed E-state index contributed by atoms with van der Waals surface area (Å²) >= 11 is 0. The number of anilines is 1. The van der Waals surface area contributed by atoms with Crippen LogP contribution in [0.1, 0.15) is 18.0 Å². The third kappa shape index (κ3) is 4.08. The van der Waals surface area contributed by atoms with Gasteiger partial charge in [-0.25, -0.2) is 9.18 Å². The molecule has 0 saturated heterocycles. The molecule has 0 aromatic heterocycles. The number of methoxy groups -OCH3 is 2. The molecule has 1 atom stereocenters. The van der Waals surface area contributed by atoms with Crippen LogP contribution in [0.3, 0.4) is 0 Å². The van der Waals surface area contributed by atoms with Crippen LogP contribution in [0.25, 0.3) is 0 Å². The van der Waals surface area contributed by atoms with Gasteiger partial charge in [-0.1, -0.05) is 12.1 Å². The SMILES string of the molecule is COc1ccc(NC(=O)N2C=CC(=O)C[C@H]2c2cccc(F)c2)cc1OC. The molecule has 1 heterocycles. The number of rotatable bonds is 4. The van der Waals surface area contributed by atoms with Crippen LogP contribution in [0.15, 0.2) is 54.7 Å². The molecule has 2 amide bonds. The number of nitrogens with zero attached hydrogens (tertiary/aromatic N) is 1. The van der Waals surface area contributed by atoms with Crippen LogP contribution in [0.4, 0.5) is 14.9 Å². The van der Waals surface area contributed by atoms with Crippen LogP contribution in [-0.2, 0) is 4.79 Å². The van der Waals surface area contributed by atoms with E-state index >= 15 is 0 Å². The maximum Gasteiger partial charge on any atom is 0.326 e. The lowest BCUT2D eigenvalue weighted by atomic mass is 9.97. The fourth-order valence-electron chi connectivity index (χ4n) is 2.93. The predicted octanol–water partition coefficient (Wildman–Crippen LogP) is 3.90. The van der Waals surface area contributed by atoms with Crippen molar-refractivity contribution >= 4 is 17.5 Å². The minimum absolute atomic E-state index is 0.0826. The molecule has 2 aromatic rings. The number of nitrogens with one attached hydrogen (secondary N) is 1. The quantitative estimate of drug-likeness (QED) is 0.886. The van der Waals surface area contributed by atoms with Crippen molar-refractivity contribution in [3.63, 3.8) is 0 Å². The normalized spacial score (nSPS) is 16.2. The highest BCUT2D eigenvalue weighted by molar-refractivity contribution is 5.96. The van der Waals surface area contributed by atoms with Gasteiger partial charge in [-0.05, 0) is 35.9 Å². The highest BCUT2D eigenvalue weighted by Crippen LogP contribution is 2.32. The van der Waals surface area contributed by atoms with Gasteiger partial charge in [0.25, 0.3) is 0 Å². The molecule has 1 N–H and O–H groups in total. The van der Waals surface area contributed by atoms with Gasteiger partial charge in [-0.3, -0.25) is 9.69 Å². The third-order valence-corrected chi connectivity index (χ3v) is 4.25.